The van der Waals surface area contributed by atoms with E-state index in [1.165, 1.54) is 6.07 Å². The van der Waals surface area contributed by atoms with E-state index in [2.05, 4.69) is 20.3 Å². The van der Waals surface area contributed by atoms with Gasteiger partial charge in [-0.25, -0.2) is 14.4 Å². The van der Waals surface area contributed by atoms with E-state index in [1.807, 2.05) is 24.3 Å². The van der Waals surface area contributed by atoms with Crippen LogP contribution in [0.5, 0.6) is 5.75 Å². The van der Waals surface area contributed by atoms with E-state index in [1.54, 1.807) is 23.0 Å². The fraction of sp³-hybridized carbons (Fsp3) is 0.150. The van der Waals surface area contributed by atoms with Gasteiger partial charge >= 0.3 is 5.69 Å². The second-order valence-corrected chi connectivity index (χ2v) is 6.76. The van der Waals surface area contributed by atoms with Crippen molar-refractivity contribution < 1.29 is 14.1 Å². The van der Waals surface area contributed by atoms with Gasteiger partial charge in [0.05, 0.1) is 28.6 Å². The van der Waals surface area contributed by atoms with Crippen LogP contribution in [0.2, 0.25) is 0 Å². The van der Waals surface area contributed by atoms with Gasteiger partial charge in [0.2, 0.25) is 11.8 Å². The highest BCUT2D eigenvalue weighted by molar-refractivity contribution is 5.76. The smallest absolute Gasteiger partial charge is 0.329 e. The van der Waals surface area contributed by atoms with Gasteiger partial charge in [-0.3, -0.25) is 14.7 Å². The lowest BCUT2D eigenvalue weighted by Crippen LogP contribution is -2.22. The Bertz CT molecular complexity index is 1270. The first-order valence-electron chi connectivity index (χ1n) is 9.23. The molecule has 5 rings (SSSR count). The van der Waals surface area contributed by atoms with E-state index in [0.717, 1.165) is 17.2 Å². The number of hydrogen-bond acceptors (Lipinski definition) is 7. The zero-order valence-electron chi connectivity index (χ0n) is 15.5. The van der Waals surface area contributed by atoms with Gasteiger partial charge in [0, 0.05) is 12.0 Å². The molecule has 150 valence electrons. The second kappa shape index (κ2) is 7.07. The molecule has 1 N–H and O–H groups in total. The Kier molecular flexibility index (Phi) is 4.24. The lowest BCUT2D eigenvalue weighted by molar-refractivity contribution is -0.384. The molecule has 0 bridgehead atoms. The zero-order chi connectivity index (χ0) is 20.7. The number of ether oxygens (including phenoxy) is 1. The summed E-state index contributed by atoms with van der Waals surface area (Å²) < 4.78 is 21.2. The predicted molar refractivity (Wildman–Crippen MR) is 106 cm³/mol. The molecular weight excluding hydrogens is 391 g/mol. The van der Waals surface area contributed by atoms with Gasteiger partial charge in [0.25, 0.3) is 0 Å². The molecule has 0 amide bonds. The topological polar surface area (TPSA) is 108 Å². The number of hydrogen-bond donors (Lipinski definition) is 1. The van der Waals surface area contributed by atoms with Gasteiger partial charge in [-0.1, -0.05) is 24.3 Å². The Morgan fingerprint density at radius 2 is 2.07 bits per heavy atom. The Morgan fingerprint density at radius 1 is 1.20 bits per heavy atom. The van der Waals surface area contributed by atoms with Crippen LogP contribution >= 0.6 is 0 Å². The maximum absolute atomic E-state index is 14.1. The van der Waals surface area contributed by atoms with Crippen molar-refractivity contribution in [2.75, 3.05) is 11.9 Å². The maximum Gasteiger partial charge on any atom is 0.329 e. The first-order valence-corrected chi connectivity index (χ1v) is 9.23. The van der Waals surface area contributed by atoms with E-state index >= 15 is 0 Å². The average Bonchev–Trinajstić information content (AvgIpc) is 3.18. The van der Waals surface area contributed by atoms with Crippen LogP contribution in [-0.2, 0) is 0 Å². The summed E-state index contributed by atoms with van der Waals surface area (Å²) in [5.74, 6) is -0.0336. The Hall–Kier alpha value is -4.08. The minimum absolute atomic E-state index is 0.0462. The maximum atomic E-state index is 14.1. The molecule has 0 aliphatic carbocycles. The van der Waals surface area contributed by atoms with Gasteiger partial charge < -0.3 is 10.1 Å². The molecule has 2 aromatic heterocycles. The lowest BCUT2D eigenvalue weighted by Gasteiger charge is -2.27. The van der Waals surface area contributed by atoms with Crippen molar-refractivity contribution in [1.82, 2.24) is 19.5 Å². The third-order valence-corrected chi connectivity index (χ3v) is 4.96. The quantitative estimate of drug-likeness (QED) is 0.406. The number of halogens is 1. The largest absolute Gasteiger partial charge is 0.490 e. The third kappa shape index (κ3) is 2.98. The van der Waals surface area contributed by atoms with Crippen LogP contribution in [0.1, 0.15) is 18.0 Å². The number of para-hydroxylation sites is 3. The summed E-state index contributed by atoms with van der Waals surface area (Å²) >= 11 is 0. The third-order valence-electron chi connectivity index (χ3n) is 4.96. The van der Waals surface area contributed by atoms with Gasteiger partial charge in [-0.05, 0) is 18.2 Å². The van der Waals surface area contributed by atoms with Crippen LogP contribution in [0.3, 0.4) is 0 Å². The monoisotopic (exact) mass is 406 g/mol. The van der Waals surface area contributed by atoms with Crippen LogP contribution in [0.4, 0.5) is 15.9 Å². The number of imidazole rings is 1. The molecule has 0 fully saturated rings. The van der Waals surface area contributed by atoms with E-state index in [4.69, 9.17) is 4.74 Å². The lowest BCUT2D eigenvalue weighted by atomic mass is 10.0. The summed E-state index contributed by atoms with van der Waals surface area (Å²) in [4.78, 5) is 23.9. The van der Waals surface area contributed by atoms with Crippen LogP contribution in [0.15, 0.2) is 55.0 Å². The number of rotatable bonds is 4. The molecule has 0 saturated carbocycles. The molecule has 0 saturated heterocycles. The number of aromatic nitrogens is 4. The summed E-state index contributed by atoms with van der Waals surface area (Å²) in [5, 5.41) is 14.6. The highest BCUT2D eigenvalue weighted by Crippen LogP contribution is 2.37. The SMILES string of the molecule is O=[N+]([O-])c1cnc(-n2cnc3ccccc32)nc1NC1CCOc2c(F)cccc21. The minimum atomic E-state index is -0.552. The van der Waals surface area contributed by atoms with Gasteiger partial charge in [0.1, 0.15) is 12.5 Å². The van der Waals surface area contributed by atoms with Gasteiger partial charge in [-0.2, -0.15) is 4.98 Å². The first kappa shape index (κ1) is 18.0. The molecule has 1 aliphatic rings. The molecule has 3 heterocycles. The minimum Gasteiger partial charge on any atom is -0.490 e. The molecular formula is C20H15FN6O3. The highest BCUT2D eigenvalue weighted by atomic mass is 19.1. The Labute approximate surface area is 169 Å². The molecule has 4 aromatic rings. The summed E-state index contributed by atoms with van der Waals surface area (Å²) in [5.41, 5.74) is 1.84. The normalized spacial score (nSPS) is 15.4. The number of anilines is 1. The molecule has 30 heavy (non-hydrogen) atoms. The predicted octanol–water partition coefficient (Wildman–Crippen LogP) is 3.80. The van der Waals surface area contributed by atoms with Crippen molar-refractivity contribution in [3.05, 3.63) is 76.5 Å². The summed E-state index contributed by atoms with van der Waals surface area (Å²) in [7, 11) is 0. The van der Waals surface area contributed by atoms with E-state index in [0.29, 0.717) is 12.0 Å². The molecule has 1 atom stereocenters. The molecule has 1 aliphatic heterocycles. The van der Waals surface area contributed by atoms with Crippen LogP contribution in [0.25, 0.3) is 17.0 Å². The van der Waals surface area contributed by atoms with Crippen molar-refractivity contribution in [2.45, 2.75) is 12.5 Å². The summed E-state index contributed by atoms with van der Waals surface area (Å²) in [6, 6.07) is 11.7. The highest BCUT2D eigenvalue weighted by Gasteiger charge is 2.27. The first-order chi connectivity index (χ1) is 14.6. The molecule has 1 unspecified atom stereocenters. The fourth-order valence-electron chi connectivity index (χ4n) is 3.54. The number of nitrogens with one attached hydrogen (secondary N) is 1. The van der Waals surface area contributed by atoms with Crippen molar-refractivity contribution in [3.8, 4) is 11.7 Å². The van der Waals surface area contributed by atoms with Gasteiger partial charge in [-0.15, -0.1) is 0 Å². The molecule has 2 aromatic carbocycles. The Balaban J connectivity index is 1.58. The van der Waals surface area contributed by atoms with E-state index < -0.39 is 16.8 Å². The van der Waals surface area contributed by atoms with Crippen molar-refractivity contribution in [2.24, 2.45) is 0 Å². The van der Waals surface area contributed by atoms with Crippen molar-refractivity contribution in [3.63, 3.8) is 0 Å². The molecule has 9 nitrogen and oxygen atoms in total. The van der Waals surface area contributed by atoms with Gasteiger partial charge in [0.15, 0.2) is 11.6 Å². The van der Waals surface area contributed by atoms with E-state index in [-0.39, 0.29) is 29.8 Å². The fourth-order valence-corrected chi connectivity index (χ4v) is 3.54. The molecule has 10 heteroatoms. The summed E-state index contributed by atoms with van der Waals surface area (Å²) in [6.45, 7) is 0.281. The van der Waals surface area contributed by atoms with Crippen LogP contribution in [-0.4, -0.2) is 31.0 Å². The van der Waals surface area contributed by atoms with Crippen molar-refractivity contribution >= 4 is 22.5 Å². The number of nitro groups is 1. The Morgan fingerprint density at radius 3 is 2.93 bits per heavy atom. The molecule has 0 radical (unpaired) electrons. The molecule has 0 spiro atoms. The zero-order valence-corrected chi connectivity index (χ0v) is 15.5. The summed E-state index contributed by atoms with van der Waals surface area (Å²) in [6.07, 6.45) is 3.22. The van der Waals surface area contributed by atoms with Crippen molar-refractivity contribution in [1.29, 1.82) is 0 Å². The average molecular weight is 406 g/mol. The van der Waals surface area contributed by atoms with E-state index in [9.17, 15) is 14.5 Å². The van der Waals surface area contributed by atoms with Crippen LogP contribution in [0, 0.1) is 15.9 Å². The number of benzene rings is 2. The second-order valence-electron chi connectivity index (χ2n) is 6.76. The number of nitrogens with zero attached hydrogens (tertiary/aromatic N) is 5. The number of fused-ring (bicyclic) bond motifs is 2. The van der Waals surface area contributed by atoms with Crippen LogP contribution < -0.4 is 10.1 Å². The standard InChI is InChI=1S/C20H15FN6O3/c21-13-5-3-4-12-14(8-9-30-18(12)13)24-19-17(27(28)29)10-22-20(25-19)26-11-23-15-6-1-2-7-16(15)26/h1-7,10-11,14H,8-9H2,(H,22,24,25).